The van der Waals surface area contributed by atoms with Crippen molar-refractivity contribution in [1.29, 1.82) is 0 Å². The number of rotatable bonds is 3. The predicted molar refractivity (Wildman–Crippen MR) is 86.2 cm³/mol. The molecule has 0 amide bonds. The number of nitrogens with zero attached hydrogens (tertiary/aromatic N) is 3. The second-order valence-electron chi connectivity index (χ2n) is 5.34. The number of pyridine rings is 1. The van der Waals surface area contributed by atoms with Crippen LogP contribution in [0.2, 0.25) is 0 Å². The molecule has 3 aromatic rings. The normalized spacial score (nSPS) is 11.0. The number of nitrogens with two attached hydrogens (primary N) is 1. The van der Waals surface area contributed by atoms with Gasteiger partial charge in [0, 0.05) is 59.4 Å². The Morgan fingerprint density at radius 1 is 1.24 bits per heavy atom. The number of fused-ring (bicyclic) bond motifs is 1. The van der Waals surface area contributed by atoms with Gasteiger partial charge in [-0.2, -0.15) is 5.10 Å². The molecule has 0 bridgehead atoms. The lowest BCUT2D eigenvalue weighted by molar-refractivity contribution is 0.756. The molecule has 3 rings (SSSR count). The van der Waals surface area contributed by atoms with Gasteiger partial charge in [-0.1, -0.05) is 0 Å². The van der Waals surface area contributed by atoms with Gasteiger partial charge in [0.15, 0.2) is 0 Å². The number of hydrogen-bond acceptors (Lipinski definition) is 4. The average molecular weight is 281 g/mol. The second-order valence-corrected chi connectivity index (χ2v) is 5.34. The third kappa shape index (κ3) is 2.54. The first kappa shape index (κ1) is 13.4. The molecule has 0 unspecified atom stereocenters. The van der Waals surface area contributed by atoms with Gasteiger partial charge in [-0.15, -0.1) is 0 Å². The van der Waals surface area contributed by atoms with Crippen molar-refractivity contribution < 1.29 is 0 Å². The molecule has 0 saturated carbocycles. The fraction of sp³-hybridized carbons (Fsp3) is 0.250. The minimum atomic E-state index is 0.736. The van der Waals surface area contributed by atoms with Gasteiger partial charge in [-0.25, -0.2) is 0 Å². The maximum absolute atomic E-state index is 6.03. The Labute approximate surface area is 123 Å². The van der Waals surface area contributed by atoms with Crippen LogP contribution < -0.4 is 11.1 Å². The summed E-state index contributed by atoms with van der Waals surface area (Å²) >= 11 is 0. The summed E-state index contributed by atoms with van der Waals surface area (Å²) in [6.45, 7) is 4.74. The van der Waals surface area contributed by atoms with Crippen LogP contribution in [0.25, 0.3) is 10.8 Å². The first-order valence-electron chi connectivity index (χ1n) is 6.92. The standard InChI is InChI=1S/C16H19N5/c1-10-6-13-14(8-18-10)15(17)4-5-16(13)19-7-12-9-21(3)20-11(12)2/h4-6,8-9,19H,7,17H2,1-3H3. The molecular formula is C16H19N5. The Bertz CT molecular complexity index is 804. The summed E-state index contributed by atoms with van der Waals surface area (Å²) in [7, 11) is 1.93. The van der Waals surface area contributed by atoms with Gasteiger partial charge in [0.1, 0.15) is 0 Å². The third-order valence-corrected chi connectivity index (χ3v) is 3.66. The summed E-state index contributed by atoms with van der Waals surface area (Å²) in [5.74, 6) is 0. The number of hydrogen-bond donors (Lipinski definition) is 2. The van der Waals surface area contributed by atoms with E-state index in [1.807, 2.05) is 50.1 Å². The first-order chi connectivity index (χ1) is 10.0. The third-order valence-electron chi connectivity index (χ3n) is 3.66. The summed E-state index contributed by atoms with van der Waals surface area (Å²) in [6.07, 6.45) is 3.87. The molecule has 1 aromatic carbocycles. The molecule has 2 aromatic heterocycles. The van der Waals surface area contributed by atoms with Gasteiger partial charge in [0.2, 0.25) is 0 Å². The molecule has 0 saturated heterocycles. The smallest absolute Gasteiger partial charge is 0.0643 e. The Morgan fingerprint density at radius 2 is 2.05 bits per heavy atom. The SMILES string of the molecule is Cc1cc2c(NCc3cn(C)nc3C)ccc(N)c2cn1. The Morgan fingerprint density at radius 3 is 2.76 bits per heavy atom. The van der Waals surface area contributed by atoms with E-state index in [0.29, 0.717) is 0 Å². The average Bonchev–Trinajstić information content (AvgIpc) is 2.76. The molecule has 2 heterocycles. The lowest BCUT2D eigenvalue weighted by Crippen LogP contribution is -2.01. The molecule has 0 fully saturated rings. The van der Waals surface area contributed by atoms with E-state index in [1.165, 1.54) is 5.56 Å². The minimum absolute atomic E-state index is 0.736. The van der Waals surface area contributed by atoms with Crippen LogP contribution >= 0.6 is 0 Å². The zero-order valence-electron chi connectivity index (χ0n) is 12.5. The van der Waals surface area contributed by atoms with E-state index in [1.54, 1.807) is 0 Å². The van der Waals surface area contributed by atoms with Crippen molar-refractivity contribution in [3.05, 3.63) is 47.5 Å². The van der Waals surface area contributed by atoms with Gasteiger partial charge < -0.3 is 11.1 Å². The van der Waals surface area contributed by atoms with Crippen LogP contribution in [0.3, 0.4) is 0 Å². The van der Waals surface area contributed by atoms with Crippen LogP contribution in [-0.2, 0) is 13.6 Å². The molecule has 5 heteroatoms. The number of nitrogen functional groups attached to an aromatic ring is 1. The molecule has 0 radical (unpaired) electrons. The molecule has 0 atom stereocenters. The second kappa shape index (κ2) is 5.09. The molecule has 0 aliphatic heterocycles. The Kier molecular flexibility index (Phi) is 3.25. The van der Waals surface area contributed by atoms with Gasteiger partial charge in [-0.3, -0.25) is 9.67 Å². The number of benzene rings is 1. The number of anilines is 2. The maximum atomic E-state index is 6.03. The molecule has 0 aliphatic carbocycles. The Balaban J connectivity index is 1.95. The van der Waals surface area contributed by atoms with Crippen molar-refractivity contribution in [2.45, 2.75) is 20.4 Å². The van der Waals surface area contributed by atoms with Crippen LogP contribution in [0.15, 0.2) is 30.6 Å². The summed E-state index contributed by atoms with van der Waals surface area (Å²) in [6, 6.07) is 5.99. The molecule has 0 aliphatic rings. The summed E-state index contributed by atoms with van der Waals surface area (Å²) in [5, 5.41) is 9.92. The van der Waals surface area contributed by atoms with E-state index < -0.39 is 0 Å². The van der Waals surface area contributed by atoms with Crippen LogP contribution in [0.4, 0.5) is 11.4 Å². The molecule has 21 heavy (non-hydrogen) atoms. The van der Waals surface area contributed by atoms with E-state index in [9.17, 15) is 0 Å². The topological polar surface area (TPSA) is 68.8 Å². The minimum Gasteiger partial charge on any atom is -0.398 e. The van der Waals surface area contributed by atoms with E-state index in [-0.39, 0.29) is 0 Å². The highest BCUT2D eigenvalue weighted by Crippen LogP contribution is 2.28. The van der Waals surface area contributed by atoms with E-state index in [4.69, 9.17) is 5.73 Å². The number of aromatic nitrogens is 3. The molecule has 108 valence electrons. The summed E-state index contributed by atoms with van der Waals surface area (Å²) in [5.41, 5.74) is 11.1. The fourth-order valence-electron chi connectivity index (χ4n) is 2.53. The number of aryl methyl sites for hydroxylation is 3. The van der Waals surface area contributed by atoms with Crippen LogP contribution in [-0.4, -0.2) is 14.8 Å². The quantitative estimate of drug-likeness (QED) is 0.724. The van der Waals surface area contributed by atoms with Crippen molar-refractivity contribution in [3.63, 3.8) is 0 Å². The largest absolute Gasteiger partial charge is 0.398 e. The van der Waals surface area contributed by atoms with Crippen molar-refractivity contribution in [2.24, 2.45) is 7.05 Å². The Hall–Kier alpha value is -2.56. The highest BCUT2D eigenvalue weighted by Gasteiger charge is 2.07. The summed E-state index contributed by atoms with van der Waals surface area (Å²) in [4.78, 5) is 4.32. The van der Waals surface area contributed by atoms with Crippen LogP contribution in [0.5, 0.6) is 0 Å². The first-order valence-corrected chi connectivity index (χ1v) is 6.92. The lowest BCUT2D eigenvalue weighted by Gasteiger charge is -2.11. The van der Waals surface area contributed by atoms with Crippen molar-refractivity contribution in [3.8, 4) is 0 Å². The highest BCUT2D eigenvalue weighted by molar-refractivity contribution is 6.00. The molecule has 0 spiro atoms. The van der Waals surface area contributed by atoms with Crippen molar-refractivity contribution in [2.75, 3.05) is 11.1 Å². The van der Waals surface area contributed by atoms with Crippen molar-refractivity contribution in [1.82, 2.24) is 14.8 Å². The lowest BCUT2D eigenvalue weighted by atomic mass is 10.1. The molecule has 5 nitrogen and oxygen atoms in total. The van der Waals surface area contributed by atoms with Gasteiger partial charge in [0.05, 0.1) is 5.69 Å². The predicted octanol–water partition coefficient (Wildman–Crippen LogP) is 2.78. The maximum Gasteiger partial charge on any atom is 0.0643 e. The monoisotopic (exact) mass is 281 g/mol. The fourth-order valence-corrected chi connectivity index (χ4v) is 2.53. The van der Waals surface area contributed by atoms with E-state index in [2.05, 4.69) is 21.5 Å². The van der Waals surface area contributed by atoms with Crippen LogP contribution in [0.1, 0.15) is 17.0 Å². The van der Waals surface area contributed by atoms with Crippen molar-refractivity contribution >= 4 is 22.1 Å². The zero-order valence-corrected chi connectivity index (χ0v) is 12.5. The number of nitrogens with one attached hydrogen (secondary N) is 1. The highest BCUT2D eigenvalue weighted by atomic mass is 15.2. The zero-order chi connectivity index (χ0) is 15.0. The van der Waals surface area contributed by atoms with E-state index >= 15 is 0 Å². The van der Waals surface area contributed by atoms with Gasteiger partial charge in [-0.05, 0) is 32.0 Å². The van der Waals surface area contributed by atoms with Crippen LogP contribution in [0, 0.1) is 13.8 Å². The van der Waals surface area contributed by atoms with Gasteiger partial charge >= 0.3 is 0 Å². The molecule has 3 N–H and O–H groups in total. The van der Waals surface area contributed by atoms with E-state index in [0.717, 1.165) is 40.1 Å². The molecular weight excluding hydrogens is 262 g/mol. The van der Waals surface area contributed by atoms with Gasteiger partial charge in [0.25, 0.3) is 0 Å². The summed E-state index contributed by atoms with van der Waals surface area (Å²) < 4.78 is 1.83.